The predicted octanol–water partition coefficient (Wildman–Crippen LogP) is 2.69. The molecule has 0 radical (unpaired) electrons. The van der Waals surface area contributed by atoms with Crippen molar-refractivity contribution in [2.75, 3.05) is 19.4 Å². The van der Waals surface area contributed by atoms with E-state index in [0.717, 1.165) is 11.6 Å². The summed E-state index contributed by atoms with van der Waals surface area (Å²) < 4.78 is 41.1. The molecule has 9 heteroatoms. The van der Waals surface area contributed by atoms with Gasteiger partial charge in [-0.3, -0.25) is 0 Å². The minimum atomic E-state index is -3.20. The van der Waals surface area contributed by atoms with Crippen molar-refractivity contribution in [2.24, 2.45) is 0 Å². The number of rotatable bonds is 7. The van der Waals surface area contributed by atoms with Gasteiger partial charge in [-0.2, -0.15) is 0 Å². The molecule has 0 fully saturated rings. The van der Waals surface area contributed by atoms with E-state index in [9.17, 15) is 18.3 Å². The van der Waals surface area contributed by atoms with Gasteiger partial charge < -0.3 is 18.7 Å². The normalized spacial score (nSPS) is 11.8. The van der Waals surface area contributed by atoms with E-state index in [0.29, 0.717) is 42.2 Å². The number of benzene rings is 1. The first-order valence-corrected chi connectivity index (χ1v) is 10.5. The van der Waals surface area contributed by atoms with Crippen LogP contribution in [0, 0.1) is 13.8 Å². The Kier molecular flexibility index (Phi) is 5.48. The lowest BCUT2D eigenvalue weighted by Gasteiger charge is -2.06. The number of fused-ring (bicyclic) bond motifs is 1. The summed E-state index contributed by atoms with van der Waals surface area (Å²) in [5, 5.41) is 10.8. The van der Waals surface area contributed by atoms with Gasteiger partial charge in [0.1, 0.15) is 17.1 Å². The minimum Gasteiger partial charge on any atom is -0.507 e. The summed E-state index contributed by atoms with van der Waals surface area (Å²) in [5.74, 6) is 0.996. The Morgan fingerprint density at radius 3 is 2.61 bits per heavy atom. The molecule has 1 aromatic carbocycles. The number of hydrogen-bond donors (Lipinski definition) is 2. The molecule has 3 rings (SSSR count). The maximum Gasteiger partial charge on any atom is 0.343 e. The summed E-state index contributed by atoms with van der Waals surface area (Å²) >= 11 is 0. The molecule has 0 atom stereocenters. The van der Waals surface area contributed by atoms with Crippen LogP contribution in [0.25, 0.3) is 22.5 Å². The van der Waals surface area contributed by atoms with Gasteiger partial charge in [0, 0.05) is 17.5 Å². The lowest BCUT2D eigenvalue weighted by molar-refractivity contribution is 0.312. The van der Waals surface area contributed by atoms with Crippen LogP contribution < -0.4 is 15.1 Å². The van der Waals surface area contributed by atoms with Crippen molar-refractivity contribution in [3.05, 3.63) is 45.8 Å². The van der Waals surface area contributed by atoms with Crippen LogP contribution in [0.3, 0.4) is 0 Å². The van der Waals surface area contributed by atoms with E-state index < -0.39 is 15.6 Å². The number of nitrogens with one attached hydrogen (secondary N) is 1. The summed E-state index contributed by atoms with van der Waals surface area (Å²) in [6.07, 6.45) is 1.63. The first-order valence-electron chi connectivity index (χ1n) is 8.60. The molecule has 0 spiro atoms. The van der Waals surface area contributed by atoms with Crippen LogP contribution in [-0.4, -0.2) is 32.9 Å². The highest BCUT2D eigenvalue weighted by Gasteiger charge is 2.18. The summed E-state index contributed by atoms with van der Waals surface area (Å²) in [5.41, 5.74) is 0.526. The van der Waals surface area contributed by atoms with Gasteiger partial charge in [-0.1, -0.05) is 0 Å². The Morgan fingerprint density at radius 1 is 1.14 bits per heavy atom. The van der Waals surface area contributed by atoms with E-state index in [-0.39, 0.29) is 17.1 Å². The van der Waals surface area contributed by atoms with Crippen LogP contribution in [0.1, 0.15) is 17.5 Å². The molecule has 0 saturated heterocycles. The zero-order valence-electron chi connectivity index (χ0n) is 15.7. The monoisotopic (exact) mass is 407 g/mol. The fraction of sp³-hybridized carbons (Fsp3) is 0.316. The molecule has 150 valence electrons. The quantitative estimate of drug-likeness (QED) is 0.578. The second-order valence-electron chi connectivity index (χ2n) is 6.50. The highest BCUT2D eigenvalue weighted by atomic mass is 32.2. The van der Waals surface area contributed by atoms with Gasteiger partial charge in [0.05, 0.1) is 18.4 Å². The van der Waals surface area contributed by atoms with Crippen molar-refractivity contribution in [2.45, 2.75) is 20.3 Å². The Bertz CT molecular complexity index is 1170. The van der Waals surface area contributed by atoms with Gasteiger partial charge >= 0.3 is 5.63 Å². The molecule has 0 saturated carbocycles. The fourth-order valence-electron chi connectivity index (χ4n) is 2.71. The average molecular weight is 407 g/mol. The van der Waals surface area contributed by atoms with Crippen molar-refractivity contribution < 1.29 is 27.1 Å². The van der Waals surface area contributed by atoms with Gasteiger partial charge in [-0.25, -0.2) is 17.9 Å². The van der Waals surface area contributed by atoms with Crippen LogP contribution in [0.2, 0.25) is 0 Å². The van der Waals surface area contributed by atoms with Crippen molar-refractivity contribution in [1.29, 1.82) is 0 Å². The van der Waals surface area contributed by atoms with Gasteiger partial charge in [-0.15, -0.1) is 0 Å². The zero-order valence-corrected chi connectivity index (χ0v) is 16.6. The van der Waals surface area contributed by atoms with E-state index in [1.54, 1.807) is 31.2 Å². The summed E-state index contributed by atoms with van der Waals surface area (Å²) in [6, 6.07) is 6.93. The van der Waals surface area contributed by atoms with Crippen LogP contribution in [0.4, 0.5) is 0 Å². The van der Waals surface area contributed by atoms with Gasteiger partial charge in [-0.05, 0) is 44.5 Å². The molecule has 0 amide bonds. The highest BCUT2D eigenvalue weighted by molar-refractivity contribution is 7.88. The molecule has 0 bridgehead atoms. The lowest BCUT2D eigenvalue weighted by Crippen LogP contribution is -2.24. The fourth-order valence-corrected chi connectivity index (χ4v) is 3.22. The molecule has 0 aliphatic carbocycles. The Labute approximate surface area is 161 Å². The van der Waals surface area contributed by atoms with E-state index in [4.69, 9.17) is 13.6 Å². The maximum absolute atomic E-state index is 11.9. The number of aromatic hydroxyl groups is 1. The topological polar surface area (TPSA) is 119 Å². The maximum atomic E-state index is 11.9. The number of hydrogen-bond acceptors (Lipinski definition) is 7. The molecular weight excluding hydrogens is 386 g/mol. The number of sulfonamides is 1. The van der Waals surface area contributed by atoms with E-state index in [2.05, 4.69) is 4.72 Å². The first kappa shape index (κ1) is 20.0. The average Bonchev–Trinajstić information content (AvgIpc) is 3.04. The summed E-state index contributed by atoms with van der Waals surface area (Å²) in [6.45, 7) is 3.78. The third-order valence-corrected chi connectivity index (χ3v) is 4.95. The first-order chi connectivity index (χ1) is 13.2. The van der Waals surface area contributed by atoms with Crippen molar-refractivity contribution in [3.8, 4) is 23.0 Å². The van der Waals surface area contributed by atoms with E-state index in [1.165, 1.54) is 6.92 Å². The Hall–Kier alpha value is -2.78. The SMILES string of the molecule is Cc1c(-c2cc3cc(OCCCNS(C)(=O)=O)ccc3o2)oc(=O)c(C)c1O. The molecule has 0 aliphatic rings. The van der Waals surface area contributed by atoms with Crippen LogP contribution in [0.15, 0.2) is 37.9 Å². The molecular formula is C19H21NO7S. The van der Waals surface area contributed by atoms with Gasteiger partial charge in [0.2, 0.25) is 10.0 Å². The largest absolute Gasteiger partial charge is 0.507 e. The van der Waals surface area contributed by atoms with E-state index in [1.807, 2.05) is 0 Å². The van der Waals surface area contributed by atoms with Crippen LogP contribution in [0.5, 0.6) is 11.5 Å². The van der Waals surface area contributed by atoms with Crippen LogP contribution in [-0.2, 0) is 10.0 Å². The van der Waals surface area contributed by atoms with Crippen molar-refractivity contribution in [3.63, 3.8) is 0 Å². The highest BCUT2D eigenvalue weighted by Crippen LogP contribution is 2.34. The number of ether oxygens (including phenoxy) is 1. The van der Waals surface area contributed by atoms with Gasteiger partial charge in [0.25, 0.3) is 0 Å². The third kappa shape index (κ3) is 4.37. The minimum absolute atomic E-state index is 0.113. The van der Waals surface area contributed by atoms with Gasteiger partial charge in [0.15, 0.2) is 11.5 Å². The van der Waals surface area contributed by atoms with Crippen molar-refractivity contribution >= 4 is 21.0 Å². The summed E-state index contributed by atoms with van der Waals surface area (Å²) in [7, 11) is -3.20. The molecule has 2 N–H and O–H groups in total. The van der Waals surface area contributed by atoms with E-state index >= 15 is 0 Å². The predicted molar refractivity (Wildman–Crippen MR) is 104 cm³/mol. The molecule has 0 aliphatic heterocycles. The number of furan rings is 1. The Morgan fingerprint density at radius 2 is 1.89 bits per heavy atom. The summed E-state index contributed by atoms with van der Waals surface area (Å²) in [4.78, 5) is 11.9. The second-order valence-corrected chi connectivity index (χ2v) is 8.33. The lowest BCUT2D eigenvalue weighted by atomic mass is 10.1. The third-order valence-electron chi connectivity index (χ3n) is 4.22. The molecule has 3 aromatic rings. The van der Waals surface area contributed by atoms with Crippen molar-refractivity contribution in [1.82, 2.24) is 4.72 Å². The molecule has 28 heavy (non-hydrogen) atoms. The molecule has 2 aromatic heterocycles. The zero-order chi connectivity index (χ0) is 20.5. The molecule has 0 unspecified atom stereocenters. The second kappa shape index (κ2) is 7.69. The standard InChI is InChI=1S/C19H21NO7S/c1-11-17(21)12(2)19(22)27-18(11)16-10-13-9-14(5-6-15(13)26-16)25-8-4-7-20-28(3,23)24/h5-6,9-10,20-21H,4,7-8H2,1-3H3. The molecule has 8 nitrogen and oxygen atoms in total. The Balaban J connectivity index is 1.78. The smallest absolute Gasteiger partial charge is 0.343 e. The molecule has 2 heterocycles. The van der Waals surface area contributed by atoms with Crippen LogP contribution >= 0.6 is 0 Å².